The van der Waals surface area contributed by atoms with Crippen molar-refractivity contribution < 1.29 is 0 Å². The molecule has 5 heterocycles. The average molecular weight is 385 g/mol. The molecule has 0 unspecified atom stereocenters. The lowest BCUT2D eigenvalue weighted by Gasteiger charge is -2.43. The summed E-state index contributed by atoms with van der Waals surface area (Å²) in [7, 11) is 2.10. The van der Waals surface area contributed by atoms with Crippen molar-refractivity contribution in [1.29, 1.82) is 0 Å². The van der Waals surface area contributed by atoms with Gasteiger partial charge in [-0.3, -0.25) is 4.79 Å². The van der Waals surface area contributed by atoms with E-state index in [2.05, 4.69) is 52.7 Å². The van der Waals surface area contributed by atoms with Gasteiger partial charge in [-0.15, -0.1) is 0 Å². The second-order valence-corrected chi connectivity index (χ2v) is 8.58. The molecule has 29 heavy (non-hydrogen) atoms. The van der Waals surface area contributed by atoms with Crippen molar-refractivity contribution in [2.45, 2.75) is 25.8 Å². The molecule has 0 N–H and O–H groups in total. The molecular formula is C23H23N5O. The summed E-state index contributed by atoms with van der Waals surface area (Å²) in [4.78, 5) is 24.1. The monoisotopic (exact) mass is 385 g/mol. The molecule has 0 spiro atoms. The van der Waals surface area contributed by atoms with E-state index in [-0.39, 0.29) is 5.56 Å². The molecule has 6 nitrogen and oxygen atoms in total. The fraction of sp³-hybridized carbons (Fsp3) is 0.348. The first kappa shape index (κ1) is 16.8. The summed E-state index contributed by atoms with van der Waals surface area (Å²) in [5.41, 5.74) is 5.82. The summed E-state index contributed by atoms with van der Waals surface area (Å²) in [6.45, 7) is 4.71. The van der Waals surface area contributed by atoms with E-state index in [0.29, 0.717) is 11.8 Å². The highest BCUT2D eigenvalue weighted by Gasteiger charge is 2.36. The van der Waals surface area contributed by atoms with Crippen LogP contribution in [0.5, 0.6) is 0 Å². The van der Waals surface area contributed by atoms with Crippen LogP contribution in [0.3, 0.4) is 0 Å². The first-order chi connectivity index (χ1) is 14.1. The highest BCUT2D eigenvalue weighted by Crippen LogP contribution is 2.39. The number of hydrogen-bond donors (Lipinski definition) is 0. The van der Waals surface area contributed by atoms with Crippen molar-refractivity contribution in [3.63, 3.8) is 0 Å². The molecule has 6 heteroatoms. The standard InChI is InChI=1S/C23H23N5O/c1-14-6-7-19-17(8-14)21-22(26(19)2)23(25-13-24-21)27-10-15-9-16(12-27)18-4-3-5-20(29)28(18)11-15/h3-8,13,15-16H,9-12H2,1-2H3/t15-,16+/m0/s1. The molecule has 4 aromatic rings. The Labute approximate surface area is 168 Å². The lowest BCUT2D eigenvalue weighted by atomic mass is 9.83. The molecule has 0 aliphatic carbocycles. The zero-order valence-electron chi connectivity index (χ0n) is 16.7. The maximum Gasteiger partial charge on any atom is 0.250 e. The molecule has 1 saturated heterocycles. The van der Waals surface area contributed by atoms with Gasteiger partial charge < -0.3 is 14.0 Å². The van der Waals surface area contributed by atoms with Crippen LogP contribution in [0.4, 0.5) is 5.82 Å². The van der Waals surface area contributed by atoms with E-state index in [9.17, 15) is 4.79 Å². The largest absolute Gasteiger partial charge is 0.354 e. The molecular weight excluding hydrogens is 362 g/mol. The highest BCUT2D eigenvalue weighted by molar-refractivity contribution is 6.09. The molecule has 0 radical (unpaired) electrons. The van der Waals surface area contributed by atoms with Crippen LogP contribution in [0.1, 0.15) is 23.6 Å². The van der Waals surface area contributed by atoms with Gasteiger partial charge in [0, 0.05) is 49.7 Å². The van der Waals surface area contributed by atoms with Gasteiger partial charge in [-0.05, 0) is 37.5 Å². The minimum Gasteiger partial charge on any atom is -0.354 e. The maximum atomic E-state index is 12.3. The van der Waals surface area contributed by atoms with Crippen LogP contribution >= 0.6 is 0 Å². The maximum absolute atomic E-state index is 12.3. The number of anilines is 1. The van der Waals surface area contributed by atoms with Crippen LogP contribution in [-0.4, -0.2) is 32.2 Å². The molecule has 146 valence electrons. The van der Waals surface area contributed by atoms with Crippen molar-refractivity contribution >= 4 is 27.8 Å². The number of hydrogen-bond acceptors (Lipinski definition) is 4. The average Bonchev–Trinajstić information content (AvgIpc) is 3.00. The third-order valence-electron chi connectivity index (χ3n) is 6.69. The van der Waals surface area contributed by atoms with Gasteiger partial charge >= 0.3 is 0 Å². The first-order valence-corrected chi connectivity index (χ1v) is 10.2. The summed E-state index contributed by atoms with van der Waals surface area (Å²) in [5.74, 6) is 1.83. The van der Waals surface area contributed by atoms with Gasteiger partial charge in [-0.2, -0.15) is 0 Å². The number of rotatable bonds is 1. The van der Waals surface area contributed by atoms with Gasteiger partial charge in [-0.25, -0.2) is 9.97 Å². The summed E-state index contributed by atoms with van der Waals surface area (Å²) in [6, 6.07) is 12.2. The van der Waals surface area contributed by atoms with Gasteiger partial charge in [0.2, 0.25) is 0 Å². The Morgan fingerprint density at radius 2 is 1.97 bits per heavy atom. The number of fused-ring (bicyclic) bond motifs is 7. The number of aryl methyl sites for hydroxylation is 2. The number of piperidine rings is 1. The smallest absolute Gasteiger partial charge is 0.250 e. The molecule has 2 atom stereocenters. The Balaban J connectivity index is 1.50. The molecule has 1 aromatic carbocycles. The van der Waals surface area contributed by atoms with E-state index in [0.717, 1.165) is 48.6 Å². The predicted octanol–water partition coefficient (Wildman–Crippen LogP) is 3.22. The van der Waals surface area contributed by atoms with Gasteiger partial charge in [0.1, 0.15) is 17.4 Å². The van der Waals surface area contributed by atoms with E-state index in [1.807, 2.05) is 10.6 Å². The molecule has 6 rings (SSSR count). The summed E-state index contributed by atoms with van der Waals surface area (Å²) >= 11 is 0. The number of nitrogens with zero attached hydrogens (tertiary/aromatic N) is 5. The zero-order valence-corrected chi connectivity index (χ0v) is 16.7. The molecule has 0 amide bonds. The Morgan fingerprint density at radius 1 is 1.07 bits per heavy atom. The summed E-state index contributed by atoms with van der Waals surface area (Å²) in [5, 5.41) is 1.18. The van der Waals surface area contributed by atoms with E-state index < -0.39 is 0 Å². The minimum atomic E-state index is 0.124. The number of benzene rings is 1. The van der Waals surface area contributed by atoms with E-state index in [1.165, 1.54) is 16.5 Å². The number of pyridine rings is 1. The molecule has 1 fully saturated rings. The zero-order chi connectivity index (χ0) is 19.7. The minimum absolute atomic E-state index is 0.124. The Bertz CT molecular complexity index is 1330. The van der Waals surface area contributed by atoms with Gasteiger partial charge in [0.05, 0.1) is 5.52 Å². The fourth-order valence-electron chi connectivity index (χ4n) is 5.43. The lowest BCUT2D eigenvalue weighted by molar-refractivity contribution is 0.281. The van der Waals surface area contributed by atoms with Crippen LogP contribution < -0.4 is 10.5 Å². The van der Waals surface area contributed by atoms with Gasteiger partial charge in [0.15, 0.2) is 5.82 Å². The van der Waals surface area contributed by atoms with Crippen molar-refractivity contribution in [3.05, 3.63) is 64.3 Å². The molecule has 2 aliphatic rings. The third kappa shape index (κ3) is 2.38. The van der Waals surface area contributed by atoms with Crippen LogP contribution in [0.25, 0.3) is 21.9 Å². The fourth-order valence-corrected chi connectivity index (χ4v) is 5.43. The predicted molar refractivity (Wildman–Crippen MR) is 115 cm³/mol. The third-order valence-corrected chi connectivity index (χ3v) is 6.69. The van der Waals surface area contributed by atoms with Crippen molar-refractivity contribution in [2.75, 3.05) is 18.0 Å². The second-order valence-electron chi connectivity index (χ2n) is 8.58. The lowest BCUT2D eigenvalue weighted by Crippen LogP contribution is -2.47. The Kier molecular flexibility index (Phi) is 3.43. The van der Waals surface area contributed by atoms with Crippen molar-refractivity contribution in [3.8, 4) is 0 Å². The van der Waals surface area contributed by atoms with Crippen molar-refractivity contribution in [2.24, 2.45) is 13.0 Å². The molecule has 3 aromatic heterocycles. The van der Waals surface area contributed by atoms with Gasteiger partial charge in [0.25, 0.3) is 5.56 Å². The van der Waals surface area contributed by atoms with Crippen molar-refractivity contribution in [1.82, 2.24) is 19.1 Å². The summed E-state index contributed by atoms with van der Waals surface area (Å²) < 4.78 is 4.20. The first-order valence-electron chi connectivity index (χ1n) is 10.2. The van der Waals surface area contributed by atoms with Gasteiger partial charge in [-0.1, -0.05) is 17.7 Å². The number of aromatic nitrogens is 4. The van der Waals surface area contributed by atoms with Crippen LogP contribution in [0.2, 0.25) is 0 Å². The summed E-state index contributed by atoms with van der Waals surface area (Å²) in [6.07, 6.45) is 2.84. The quantitative estimate of drug-likeness (QED) is 0.505. The van der Waals surface area contributed by atoms with E-state index >= 15 is 0 Å². The van der Waals surface area contributed by atoms with E-state index in [4.69, 9.17) is 4.98 Å². The molecule has 0 saturated carbocycles. The molecule has 2 bridgehead atoms. The van der Waals surface area contributed by atoms with Crippen LogP contribution in [0, 0.1) is 12.8 Å². The normalized spacial score (nSPS) is 21.0. The van der Waals surface area contributed by atoms with Crippen LogP contribution in [-0.2, 0) is 13.6 Å². The topological polar surface area (TPSA) is 56.0 Å². The Hall–Kier alpha value is -3.15. The van der Waals surface area contributed by atoms with Crippen LogP contribution in [0.15, 0.2) is 47.5 Å². The second kappa shape index (κ2) is 5.92. The highest BCUT2D eigenvalue weighted by atomic mass is 16.1. The Morgan fingerprint density at radius 3 is 2.86 bits per heavy atom. The van der Waals surface area contributed by atoms with E-state index in [1.54, 1.807) is 12.4 Å². The molecule has 2 aliphatic heterocycles. The SMILES string of the molecule is Cc1ccc2c(c1)c1ncnc(N3C[C@@H]4C[C@H](C3)c3cccc(=O)n3C4)c1n2C.